The summed E-state index contributed by atoms with van der Waals surface area (Å²) in [5.74, 6) is 2.03. The summed E-state index contributed by atoms with van der Waals surface area (Å²) in [5, 5.41) is 16.0. The van der Waals surface area contributed by atoms with Gasteiger partial charge < -0.3 is 20.6 Å². The van der Waals surface area contributed by atoms with Gasteiger partial charge in [-0.2, -0.15) is 0 Å². The summed E-state index contributed by atoms with van der Waals surface area (Å²) in [5.41, 5.74) is 0. The summed E-state index contributed by atoms with van der Waals surface area (Å²) in [4.78, 5) is 7.31. The third-order valence-corrected chi connectivity index (χ3v) is 4.47. The van der Waals surface area contributed by atoms with Gasteiger partial charge in [-0.05, 0) is 57.5 Å². The van der Waals surface area contributed by atoms with E-state index in [0.717, 1.165) is 51.4 Å². The number of nitrogens with zero attached hydrogens (tertiary/aromatic N) is 2. The van der Waals surface area contributed by atoms with E-state index in [1.807, 2.05) is 0 Å². The molecule has 2 atom stereocenters. The Hall–Kier alpha value is -0.810. The molecular weight excluding hydrogens is 288 g/mol. The zero-order valence-electron chi connectivity index (χ0n) is 15.5. The first-order chi connectivity index (χ1) is 11.2. The van der Waals surface area contributed by atoms with Gasteiger partial charge >= 0.3 is 0 Å². The van der Waals surface area contributed by atoms with Crippen molar-refractivity contribution in [3.05, 3.63) is 0 Å². The molecule has 0 amide bonds. The fraction of sp³-hybridized carbons (Fsp3) is 0.944. The summed E-state index contributed by atoms with van der Waals surface area (Å²) in [7, 11) is 0. The van der Waals surface area contributed by atoms with Crippen LogP contribution in [0.25, 0.3) is 0 Å². The molecule has 1 heterocycles. The van der Waals surface area contributed by atoms with Crippen molar-refractivity contribution in [2.24, 2.45) is 16.8 Å². The maximum atomic E-state index is 9.17. The molecule has 0 aliphatic carbocycles. The van der Waals surface area contributed by atoms with Crippen LogP contribution < -0.4 is 10.6 Å². The van der Waals surface area contributed by atoms with Crippen LogP contribution in [0.5, 0.6) is 0 Å². The maximum Gasteiger partial charge on any atom is 0.191 e. The number of nitrogens with one attached hydrogen (secondary N) is 2. The van der Waals surface area contributed by atoms with Crippen LogP contribution in [0, 0.1) is 11.8 Å². The van der Waals surface area contributed by atoms with Crippen molar-refractivity contribution in [2.75, 3.05) is 45.9 Å². The number of rotatable bonds is 11. The van der Waals surface area contributed by atoms with Crippen molar-refractivity contribution >= 4 is 5.96 Å². The van der Waals surface area contributed by atoms with Crippen molar-refractivity contribution < 1.29 is 5.11 Å². The number of aliphatic hydroxyl groups is 1. The minimum absolute atomic E-state index is 0.271. The number of hydrogen-bond acceptors (Lipinski definition) is 3. The molecule has 0 saturated carbocycles. The first kappa shape index (κ1) is 20.2. The first-order valence-electron chi connectivity index (χ1n) is 9.54. The van der Waals surface area contributed by atoms with E-state index >= 15 is 0 Å². The molecule has 1 saturated heterocycles. The van der Waals surface area contributed by atoms with E-state index in [9.17, 15) is 0 Å². The van der Waals surface area contributed by atoms with Gasteiger partial charge in [-0.25, -0.2) is 0 Å². The van der Waals surface area contributed by atoms with Gasteiger partial charge in [0, 0.05) is 32.8 Å². The van der Waals surface area contributed by atoms with Gasteiger partial charge in [-0.3, -0.25) is 4.99 Å². The molecule has 1 aliphatic heterocycles. The monoisotopic (exact) mass is 326 g/mol. The van der Waals surface area contributed by atoms with E-state index in [4.69, 9.17) is 10.1 Å². The molecule has 136 valence electrons. The lowest BCUT2D eigenvalue weighted by Gasteiger charge is -2.20. The molecule has 0 radical (unpaired) electrons. The number of likely N-dealkylation sites (tertiary alicyclic amines) is 1. The van der Waals surface area contributed by atoms with E-state index in [1.165, 1.54) is 25.9 Å². The third kappa shape index (κ3) is 9.16. The molecular formula is C18H38N4O. The lowest BCUT2D eigenvalue weighted by molar-refractivity contribution is 0.251. The quantitative estimate of drug-likeness (QED) is 0.402. The molecule has 0 aromatic heterocycles. The van der Waals surface area contributed by atoms with E-state index in [0.29, 0.717) is 11.8 Å². The Morgan fingerprint density at radius 2 is 1.91 bits per heavy atom. The fourth-order valence-corrected chi connectivity index (χ4v) is 3.23. The van der Waals surface area contributed by atoms with Gasteiger partial charge in [-0.1, -0.05) is 20.3 Å². The van der Waals surface area contributed by atoms with Gasteiger partial charge in [-0.15, -0.1) is 0 Å². The molecule has 5 nitrogen and oxygen atoms in total. The molecule has 23 heavy (non-hydrogen) atoms. The van der Waals surface area contributed by atoms with E-state index in [2.05, 4.69) is 36.3 Å². The number of hydrogen-bond donors (Lipinski definition) is 3. The summed E-state index contributed by atoms with van der Waals surface area (Å²) in [6, 6.07) is 0. The Labute approximate surface area is 142 Å². The van der Waals surface area contributed by atoms with Crippen LogP contribution in [0.15, 0.2) is 4.99 Å². The van der Waals surface area contributed by atoms with Gasteiger partial charge in [0.05, 0.1) is 0 Å². The highest BCUT2D eigenvalue weighted by Gasteiger charge is 2.14. The molecule has 0 aromatic rings. The molecule has 3 N–H and O–H groups in total. The highest BCUT2D eigenvalue weighted by atomic mass is 16.3. The van der Waals surface area contributed by atoms with Gasteiger partial charge in [0.2, 0.25) is 0 Å². The minimum atomic E-state index is 0.271. The standard InChI is InChI=1S/C18H38N4O/c1-4-8-17(9-12-23)14-21-18(19-5-2)20-13-16(3)15-22-10-6-7-11-22/h16-17,23H,4-15H2,1-3H3,(H2,19,20,21). The van der Waals surface area contributed by atoms with Crippen LogP contribution in [0.2, 0.25) is 0 Å². The second-order valence-electron chi connectivity index (χ2n) is 6.88. The summed E-state index contributed by atoms with van der Waals surface area (Å²) in [6.07, 6.45) is 5.88. The normalized spacial score (nSPS) is 18.9. The van der Waals surface area contributed by atoms with E-state index in [1.54, 1.807) is 0 Å². The largest absolute Gasteiger partial charge is 0.396 e. The Bertz CT molecular complexity index is 310. The molecule has 0 bridgehead atoms. The van der Waals surface area contributed by atoms with Gasteiger partial charge in [0.15, 0.2) is 5.96 Å². The minimum Gasteiger partial charge on any atom is -0.396 e. The van der Waals surface area contributed by atoms with Crippen molar-refractivity contribution in [3.63, 3.8) is 0 Å². The summed E-state index contributed by atoms with van der Waals surface area (Å²) in [6.45, 7) is 13.2. The lowest BCUT2D eigenvalue weighted by Crippen LogP contribution is -2.40. The Kier molecular flexibility index (Phi) is 11.1. The van der Waals surface area contributed by atoms with E-state index in [-0.39, 0.29) is 6.61 Å². The number of guanidine groups is 1. The molecule has 5 heteroatoms. The summed E-state index contributed by atoms with van der Waals surface area (Å²) < 4.78 is 0. The predicted molar refractivity (Wildman–Crippen MR) is 98.9 cm³/mol. The average molecular weight is 327 g/mol. The van der Waals surface area contributed by atoms with Crippen LogP contribution in [0.3, 0.4) is 0 Å². The maximum absolute atomic E-state index is 9.17. The first-order valence-corrected chi connectivity index (χ1v) is 9.54. The zero-order valence-corrected chi connectivity index (χ0v) is 15.5. The third-order valence-electron chi connectivity index (χ3n) is 4.47. The van der Waals surface area contributed by atoms with Crippen molar-refractivity contribution in [2.45, 2.75) is 52.9 Å². The molecule has 1 fully saturated rings. The van der Waals surface area contributed by atoms with Crippen molar-refractivity contribution in [3.8, 4) is 0 Å². The molecule has 2 unspecified atom stereocenters. The molecule has 1 aliphatic rings. The summed E-state index contributed by atoms with van der Waals surface area (Å²) >= 11 is 0. The van der Waals surface area contributed by atoms with Crippen LogP contribution >= 0.6 is 0 Å². The number of aliphatic imine (C=N–C) groups is 1. The van der Waals surface area contributed by atoms with Gasteiger partial charge in [0.1, 0.15) is 0 Å². The second-order valence-corrected chi connectivity index (χ2v) is 6.88. The second kappa shape index (κ2) is 12.6. The smallest absolute Gasteiger partial charge is 0.191 e. The van der Waals surface area contributed by atoms with Crippen LogP contribution in [0.1, 0.15) is 52.9 Å². The van der Waals surface area contributed by atoms with E-state index < -0.39 is 0 Å². The Morgan fingerprint density at radius 3 is 2.52 bits per heavy atom. The number of aliphatic hydroxyl groups excluding tert-OH is 1. The average Bonchev–Trinajstić information content (AvgIpc) is 3.03. The predicted octanol–water partition coefficient (Wildman–Crippen LogP) is 2.07. The van der Waals surface area contributed by atoms with Crippen LogP contribution in [-0.2, 0) is 0 Å². The van der Waals surface area contributed by atoms with Gasteiger partial charge in [0.25, 0.3) is 0 Å². The Morgan fingerprint density at radius 1 is 1.17 bits per heavy atom. The molecule has 0 aromatic carbocycles. The SMILES string of the molecule is CCCC(CCO)CNC(=NCC(C)CN1CCCC1)NCC. The molecule has 0 spiro atoms. The lowest BCUT2D eigenvalue weighted by atomic mass is 10.0. The van der Waals surface area contributed by atoms with Crippen molar-refractivity contribution in [1.82, 2.24) is 15.5 Å². The van der Waals surface area contributed by atoms with Crippen molar-refractivity contribution in [1.29, 1.82) is 0 Å². The topological polar surface area (TPSA) is 59.9 Å². The zero-order chi connectivity index (χ0) is 16.9. The highest BCUT2D eigenvalue weighted by molar-refractivity contribution is 5.79. The Balaban J connectivity index is 2.38. The molecule has 1 rings (SSSR count). The van der Waals surface area contributed by atoms with Crippen LogP contribution in [0.4, 0.5) is 0 Å². The highest BCUT2D eigenvalue weighted by Crippen LogP contribution is 2.11. The van der Waals surface area contributed by atoms with Crippen LogP contribution in [-0.4, -0.2) is 61.8 Å². The fourth-order valence-electron chi connectivity index (χ4n) is 3.23.